The van der Waals surface area contributed by atoms with Crippen molar-refractivity contribution in [1.82, 2.24) is 9.97 Å². The van der Waals surface area contributed by atoms with Crippen LogP contribution in [0.4, 0.5) is 15.9 Å². The zero-order valence-electron chi connectivity index (χ0n) is 15.3. The summed E-state index contributed by atoms with van der Waals surface area (Å²) in [6.07, 6.45) is 2.07. The van der Waals surface area contributed by atoms with Crippen LogP contribution < -0.4 is 10.6 Å². The van der Waals surface area contributed by atoms with Crippen molar-refractivity contribution in [2.24, 2.45) is 0 Å². The van der Waals surface area contributed by atoms with Crippen LogP contribution in [0.2, 0.25) is 0 Å². The van der Waals surface area contributed by atoms with E-state index < -0.39 is 0 Å². The Morgan fingerprint density at radius 1 is 1.00 bits per heavy atom. The molecule has 138 valence electrons. The summed E-state index contributed by atoms with van der Waals surface area (Å²) >= 11 is 0. The van der Waals surface area contributed by atoms with Gasteiger partial charge in [-0.25, -0.2) is 14.4 Å². The standard InChI is InChI=1S/C21H21FN4O/c1-14-9-15(2)11-18(10-14)26-21(27)19-12-20(25-13-24-19)23-8-7-16-3-5-17(22)6-4-16/h3-6,9-13H,7-8H2,1-2H3,(H,26,27)(H,23,24,25). The lowest BCUT2D eigenvalue weighted by molar-refractivity contribution is 0.102. The molecule has 3 aromatic rings. The van der Waals surface area contributed by atoms with E-state index in [4.69, 9.17) is 0 Å². The topological polar surface area (TPSA) is 66.9 Å². The largest absolute Gasteiger partial charge is 0.370 e. The molecule has 1 heterocycles. The predicted octanol–water partition coefficient (Wildman–Crippen LogP) is 4.14. The molecule has 0 radical (unpaired) electrons. The Morgan fingerprint density at radius 3 is 2.41 bits per heavy atom. The van der Waals surface area contributed by atoms with E-state index in [2.05, 4.69) is 20.6 Å². The van der Waals surface area contributed by atoms with Gasteiger partial charge < -0.3 is 10.6 Å². The van der Waals surface area contributed by atoms with E-state index in [1.54, 1.807) is 18.2 Å². The van der Waals surface area contributed by atoms with Crippen LogP contribution in [0, 0.1) is 19.7 Å². The smallest absolute Gasteiger partial charge is 0.274 e. The van der Waals surface area contributed by atoms with Crippen molar-refractivity contribution in [3.8, 4) is 0 Å². The van der Waals surface area contributed by atoms with Gasteiger partial charge >= 0.3 is 0 Å². The first-order chi connectivity index (χ1) is 13.0. The van der Waals surface area contributed by atoms with Crippen LogP contribution in [0.15, 0.2) is 54.9 Å². The van der Waals surface area contributed by atoms with E-state index in [1.807, 2.05) is 32.0 Å². The molecule has 0 saturated heterocycles. The summed E-state index contributed by atoms with van der Waals surface area (Å²) in [7, 11) is 0. The van der Waals surface area contributed by atoms with E-state index >= 15 is 0 Å². The molecular formula is C21H21FN4O. The number of aromatic nitrogens is 2. The average molecular weight is 364 g/mol. The molecule has 0 aliphatic carbocycles. The molecule has 0 unspecified atom stereocenters. The average Bonchev–Trinajstić information content (AvgIpc) is 2.63. The third-order valence-electron chi connectivity index (χ3n) is 4.01. The Kier molecular flexibility index (Phi) is 5.76. The van der Waals surface area contributed by atoms with Crippen molar-refractivity contribution in [3.05, 3.63) is 83.1 Å². The number of carbonyl (C=O) groups excluding carboxylic acids is 1. The van der Waals surface area contributed by atoms with Crippen LogP contribution >= 0.6 is 0 Å². The van der Waals surface area contributed by atoms with Crippen LogP contribution in [0.3, 0.4) is 0 Å². The first kappa shape index (κ1) is 18.5. The van der Waals surface area contributed by atoms with Gasteiger partial charge in [-0.15, -0.1) is 0 Å². The molecule has 0 aliphatic rings. The van der Waals surface area contributed by atoms with Crippen LogP contribution in [-0.2, 0) is 6.42 Å². The summed E-state index contributed by atoms with van der Waals surface area (Å²) < 4.78 is 12.9. The Balaban J connectivity index is 1.60. The van der Waals surface area contributed by atoms with Gasteiger partial charge in [0.05, 0.1) is 0 Å². The monoisotopic (exact) mass is 364 g/mol. The summed E-state index contributed by atoms with van der Waals surface area (Å²) in [5, 5.41) is 6.02. The Hall–Kier alpha value is -3.28. The Morgan fingerprint density at radius 2 is 1.70 bits per heavy atom. The number of benzene rings is 2. The number of nitrogens with zero attached hydrogens (tertiary/aromatic N) is 2. The number of carbonyl (C=O) groups is 1. The van der Waals surface area contributed by atoms with Crippen molar-refractivity contribution >= 4 is 17.4 Å². The van der Waals surface area contributed by atoms with Gasteiger partial charge in [-0.2, -0.15) is 0 Å². The highest BCUT2D eigenvalue weighted by Gasteiger charge is 2.10. The molecule has 5 nitrogen and oxygen atoms in total. The lowest BCUT2D eigenvalue weighted by Gasteiger charge is -2.09. The summed E-state index contributed by atoms with van der Waals surface area (Å²) in [6.45, 7) is 4.58. The van der Waals surface area contributed by atoms with Gasteiger partial charge in [-0.1, -0.05) is 18.2 Å². The van der Waals surface area contributed by atoms with Crippen molar-refractivity contribution in [1.29, 1.82) is 0 Å². The molecule has 3 rings (SSSR count). The van der Waals surface area contributed by atoms with Gasteiger partial charge in [0.15, 0.2) is 0 Å². The van der Waals surface area contributed by atoms with E-state index in [-0.39, 0.29) is 17.4 Å². The summed E-state index contributed by atoms with van der Waals surface area (Å²) in [6, 6.07) is 13.9. The number of aryl methyl sites for hydroxylation is 2. The number of hydrogen-bond donors (Lipinski definition) is 2. The van der Waals surface area contributed by atoms with E-state index in [0.29, 0.717) is 18.8 Å². The quantitative estimate of drug-likeness (QED) is 0.690. The SMILES string of the molecule is Cc1cc(C)cc(NC(=O)c2cc(NCCc3ccc(F)cc3)ncn2)c1. The fourth-order valence-corrected chi connectivity index (χ4v) is 2.81. The number of amides is 1. The van der Waals surface area contributed by atoms with Crippen LogP contribution in [0.25, 0.3) is 0 Å². The molecule has 2 aromatic carbocycles. The van der Waals surface area contributed by atoms with Crippen LogP contribution in [-0.4, -0.2) is 22.4 Å². The predicted molar refractivity (Wildman–Crippen MR) is 104 cm³/mol. The highest BCUT2D eigenvalue weighted by molar-refractivity contribution is 6.03. The molecular weight excluding hydrogens is 343 g/mol. The molecule has 0 saturated carbocycles. The molecule has 0 aliphatic heterocycles. The third-order valence-corrected chi connectivity index (χ3v) is 4.01. The Bertz CT molecular complexity index is 921. The third kappa shape index (κ3) is 5.34. The van der Waals surface area contributed by atoms with Gasteiger partial charge in [0, 0.05) is 18.3 Å². The van der Waals surface area contributed by atoms with Crippen molar-refractivity contribution in [2.45, 2.75) is 20.3 Å². The minimum atomic E-state index is -0.288. The van der Waals surface area contributed by atoms with Crippen molar-refractivity contribution in [2.75, 3.05) is 17.2 Å². The molecule has 2 N–H and O–H groups in total. The molecule has 0 fully saturated rings. The minimum absolute atomic E-state index is 0.248. The second kappa shape index (κ2) is 8.40. The van der Waals surface area contributed by atoms with Crippen LogP contribution in [0.1, 0.15) is 27.2 Å². The zero-order valence-corrected chi connectivity index (χ0v) is 15.3. The van der Waals surface area contributed by atoms with Gasteiger partial charge in [0.2, 0.25) is 0 Å². The molecule has 6 heteroatoms. The number of hydrogen-bond acceptors (Lipinski definition) is 4. The molecule has 0 bridgehead atoms. The minimum Gasteiger partial charge on any atom is -0.370 e. The number of halogens is 1. The van der Waals surface area contributed by atoms with Crippen molar-refractivity contribution < 1.29 is 9.18 Å². The maximum Gasteiger partial charge on any atom is 0.274 e. The van der Waals surface area contributed by atoms with Crippen molar-refractivity contribution in [3.63, 3.8) is 0 Å². The Labute approximate surface area is 157 Å². The highest BCUT2D eigenvalue weighted by Crippen LogP contribution is 2.15. The maximum atomic E-state index is 12.9. The fourth-order valence-electron chi connectivity index (χ4n) is 2.81. The van der Waals surface area contributed by atoms with E-state index in [0.717, 1.165) is 22.4 Å². The molecule has 1 amide bonds. The second-order valence-electron chi connectivity index (χ2n) is 6.42. The number of rotatable bonds is 6. The normalized spacial score (nSPS) is 10.5. The summed E-state index contributed by atoms with van der Waals surface area (Å²) in [5.74, 6) is 0.0311. The molecule has 27 heavy (non-hydrogen) atoms. The highest BCUT2D eigenvalue weighted by atomic mass is 19.1. The van der Waals surface area contributed by atoms with Gasteiger partial charge in [-0.05, 0) is 61.2 Å². The lowest BCUT2D eigenvalue weighted by Crippen LogP contribution is -2.15. The van der Waals surface area contributed by atoms with E-state index in [1.165, 1.54) is 18.5 Å². The summed E-state index contributed by atoms with van der Waals surface area (Å²) in [5.41, 5.74) is 4.20. The first-order valence-corrected chi connectivity index (χ1v) is 8.69. The van der Waals surface area contributed by atoms with Gasteiger partial charge in [-0.3, -0.25) is 4.79 Å². The zero-order chi connectivity index (χ0) is 19.2. The second-order valence-corrected chi connectivity index (χ2v) is 6.42. The summed E-state index contributed by atoms with van der Waals surface area (Å²) in [4.78, 5) is 20.6. The van der Waals surface area contributed by atoms with Gasteiger partial charge in [0.25, 0.3) is 5.91 Å². The number of nitrogens with one attached hydrogen (secondary N) is 2. The molecule has 1 aromatic heterocycles. The number of anilines is 2. The van der Waals surface area contributed by atoms with Crippen LogP contribution in [0.5, 0.6) is 0 Å². The molecule has 0 spiro atoms. The lowest BCUT2D eigenvalue weighted by atomic mass is 10.1. The van der Waals surface area contributed by atoms with E-state index in [9.17, 15) is 9.18 Å². The fraction of sp³-hybridized carbons (Fsp3) is 0.190. The molecule has 0 atom stereocenters. The maximum absolute atomic E-state index is 12.9. The first-order valence-electron chi connectivity index (χ1n) is 8.69. The van der Waals surface area contributed by atoms with Gasteiger partial charge in [0.1, 0.15) is 23.7 Å².